The summed E-state index contributed by atoms with van der Waals surface area (Å²) in [7, 11) is 1.56. The molecule has 25 heavy (non-hydrogen) atoms. The van der Waals surface area contributed by atoms with Crippen LogP contribution >= 0.6 is 11.3 Å². The number of hydrogen-bond donors (Lipinski definition) is 2. The van der Waals surface area contributed by atoms with Gasteiger partial charge in [-0.05, 0) is 42.8 Å². The van der Waals surface area contributed by atoms with Gasteiger partial charge in [0, 0.05) is 23.5 Å². The quantitative estimate of drug-likeness (QED) is 0.857. The zero-order valence-electron chi connectivity index (χ0n) is 14.2. The lowest BCUT2D eigenvalue weighted by Gasteiger charge is -2.25. The van der Waals surface area contributed by atoms with Crippen LogP contribution in [0.15, 0.2) is 24.3 Å². The number of ether oxygens (including phenoxy) is 1. The number of benzene rings is 1. The van der Waals surface area contributed by atoms with Gasteiger partial charge in [-0.2, -0.15) is 0 Å². The zero-order chi connectivity index (χ0) is 18.0. The van der Waals surface area contributed by atoms with E-state index in [1.165, 1.54) is 11.3 Å². The lowest BCUT2D eigenvalue weighted by atomic mass is 10.0. The van der Waals surface area contributed by atoms with Crippen LogP contribution < -0.4 is 10.1 Å². The molecule has 2 N–H and O–H groups in total. The highest BCUT2D eigenvalue weighted by molar-refractivity contribution is 7.17. The van der Waals surface area contributed by atoms with Crippen LogP contribution in [0.5, 0.6) is 5.75 Å². The van der Waals surface area contributed by atoms with Gasteiger partial charge in [0.15, 0.2) is 0 Å². The maximum absolute atomic E-state index is 12.5. The Morgan fingerprint density at radius 3 is 2.64 bits per heavy atom. The van der Waals surface area contributed by atoms with E-state index in [-0.39, 0.29) is 11.5 Å². The average molecular weight is 360 g/mol. The SMILES string of the molecule is CCN1CCc2c(sc(NC(=O)c3ccc(OC)cc3)c2C(=O)O)C1. The molecule has 1 aliphatic rings. The van der Waals surface area contributed by atoms with E-state index in [1.807, 2.05) is 0 Å². The molecule has 0 fully saturated rings. The highest BCUT2D eigenvalue weighted by Crippen LogP contribution is 2.37. The van der Waals surface area contributed by atoms with Crippen LogP contribution in [-0.2, 0) is 13.0 Å². The molecule has 0 bridgehead atoms. The molecule has 7 heteroatoms. The minimum absolute atomic E-state index is 0.234. The minimum Gasteiger partial charge on any atom is -0.497 e. The van der Waals surface area contributed by atoms with E-state index in [9.17, 15) is 14.7 Å². The maximum Gasteiger partial charge on any atom is 0.339 e. The van der Waals surface area contributed by atoms with Crippen LogP contribution in [-0.4, -0.2) is 42.1 Å². The molecule has 0 spiro atoms. The number of amides is 1. The molecule has 3 rings (SSSR count). The smallest absolute Gasteiger partial charge is 0.339 e. The molecule has 1 aliphatic heterocycles. The second-order valence-electron chi connectivity index (χ2n) is 5.81. The van der Waals surface area contributed by atoms with Gasteiger partial charge < -0.3 is 15.2 Å². The van der Waals surface area contributed by atoms with Crippen molar-refractivity contribution in [2.75, 3.05) is 25.5 Å². The third kappa shape index (κ3) is 3.52. The molecule has 0 saturated heterocycles. The number of carboxylic acids is 1. The summed E-state index contributed by atoms with van der Waals surface area (Å²) in [5.74, 6) is -0.655. The second-order valence-corrected chi connectivity index (χ2v) is 6.92. The van der Waals surface area contributed by atoms with Gasteiger partial charge in [0.05, 0.1) is 12.7 Å². The number of nitrogens with zero attached hydrogens (tertiary/aromatic N) is 1. The van der Waals surface area contributed by atoms with E-state index in [1.54, 1.807) is 31.4 Å². The largest absolute Gasteiger partial charge is 0.497 e. The van der Waals surface area contributed by atoms with E-state index >= 15 is 0 Å². The predicted molar refractivity (Wildman–Crippen MR) is 96.9 cm³/mol. The van der Waals surface area contributed by atoms with E-state index < -0.39 is 5.97 Å². The Balaban J connectivity index is 1.87. The summed E-state index contributed by atoms with van der Waals surface area (Å²) in [6.07, 6.45) is 0.694. The highest BCUT2D eigenvalue weighted by atomic mass is 32.1. The summed E-state index contributed by atoms with van der Waals surface area (Å²) in [5.41, 5.74) is 1.54. The summed E-state index contributed by atoms with van der Waals surface area (Å²) in [6, 6.07) is 6.71. The van der Waals surface area contributed by atoms with Crippen LogP contribution in [0.4, 0.5) is 5.00 Å². The summed E-state index contributed by atoms with van der Waals surface area (Å²) < 4.78 is 5.08. The summed E-state index contributed by atoms with van der Waals surface area (Å²) >= 11 is 1.36. The number of carboxylic acid groups (broad SMARTS) is 1. The van der Waals surface area contributed by atoms with E-state index in [4.69, 9.17) is 4.74 Å². The fourth-order valence-corrected chi connectivity index (χ4v) is 4.24. The molecule has 0 radical (unpaired) electrons. The van der Waals surface area contributed by atoms with Gasteiger partial charge in [0.25, 0.3) is 5.91 Å². The molecule has 0 aliphatic carbocycles. The molecule has 132 valence electrons. The van der Waals surface area contributed by atoms with Gasteiger partial charge in [-0.3, -0.25) is 9.69 Å². The number of methoxy groups -OCH3 is 1. The van der Waals surface area contributed by atoms with Crippen molar-refractivity contribution >= 4 is 28.2 Å². The Morgan fingerprint density at radius 2 is 2.04 bits per heavy atom. The van der Waals surface area contributed by atoms with Crippen molar-refractivity contribution < 1.29 is 19.4 Å². The molecular weight excluding hydrogens is 340 g/mol. The standard InChI is InChI=1S/C18H20N2O4S/c1-3-20-9-8-13-14(10-20)25-17(15(13)18(22)23)19-16(21)11-4-6-12(24-2)7-5-11/h4-7H,3,8-10H2,1-2H3,(H,19,21)(H,22,23). The van der Waals surface area contributed by atoms with Gasteiger partial charge in [-0.15, -0.1) is 11.3 Å². The highest BCUT2D eigenvalue weighted by Gasteiger charge is 2.28. The third-order valence-electron chi connectivity index (χ3n) is 4.38. The number of hydrogen-bond acceptors (Lipinski definition) is 5. The van der Waals surface area contributed by atoms with Crippen LogP contribution in [0.25, 0.3) is 0 Å². The molecule has 6 nitrogen and oxygen atoms in total. The molecule has 1 amide bonds. The number of likely N-dealkylation sites (N-methyl/N-ethyl adjacent to an activating group) is 1. The van der Waals surface area contributed by atoms with Crippen molar-refractivity contribution in [3.63, 3.8) is 0 Å². The lowest BCUT2D eigenvalue weighted by Crippen LogP contribution is -2.29. The van der Waals surface area contributed by atoms with Gasteiger partial charge in [0.1, 0.15) is 10.8 Å². The molecule has 2 aromatic rings. The van der Waals surface area contributed by atoms with Gasteiger partial charge in [-0.25, -0.2) is 4.79 Å². The average Bonchev–Trinajstić information content (AvgIpc) is 2.98. The first-order valence-electron chi connectivity index (χ1n) is 8.09. The second kappa shape index (κ2) is 7.25. The first-order chi connectivity index (χ1) is 12.0. The normalized spacial score (nSPS) is 14.0. The Hall–Kier alpha value is -2.38. The fraction of sp³-hybridized carbons (Fsp3) is 0.333. The number of carbonyl (C=O) groups excluding carboxylic acids is 1. The first kappa shape index (κ1) is 17.4. The molecule has 1 aromatic carbocycles. The number of carbonyl (C=O) groups is 2. The number of fused-ring (bicyclic) bond motifs is 1. The molecular formula is C18H20N2O4S. The monoisotopic (exact) mass is 360 g/mol. The Bertz CT molecular complexity index is 798. The van der Waals surface area contributed by atoms with Crippen molar-refractivity contribution in [2.24, 2.45) is 0 Å². The van der Waals surface area contributed by atoms with Crippen molar-refractivity contribution in [3.8, 4) is 5.75 Å². The molecule has 1 aromatic heterocycles. The van der Waals surface area contributed by atoms with Crippen molar-refractivity contribution in [1.29, 1.82) is 0 Å². The maximum atomic E-state index is 12.5. The summed E-state index contributed by atoms with van der Waals surface area (Å²) in [5, 5.41) is 12.8. The molecule has 0 saturated carbocycles. The zero-order valence-corrected chi connectivity index (χ0v) is 15.0. The Kier molecular flexibility index (Phi) is 5.06. The minimum atomic E-state index is -0.993. The van der Waals surface area contributed by atoms with E-state index in [0.717, 1.165) is 30.1 Å². The van der Waals surface area contributed by atoms with Gasteiger partial charge in [0.2, 0.25) is 0 Å². The Morgan fingerprint density at radius 1 is 1.32 bits per heavy atom. The van der Waals surface area contributed by atoms with Crippen LogP contribution in [0.1, 0.15) is 38.1 Å². The van der Waals surface area contributed by atoms with Crippen molar-refractivity contribution in [3.05, 3.63) is 45.8 Å². The number of nitrogens with one attached hydrogen (secondary N) is 1. The number of aromatic carboxylic acids is 1. The van der Waals surface area contributed by atoms with Crippen LogP contribution in [0.2, 0.25) is 0 Å². The number of rotatable bonds is 5. The topological polar surface area (TPSA) is 78.9 Å². The summed E-state index contributed by atoms with van der Waals surface area (Å²) in [6.45, 7) is 4.58. The number of anilines is 1. The lowest BCUT2D eigenvalue weighted by molar-refractivity contribution is 0.0696. The first-order valence-corrected chi connectivity index (χ1v) is 8.90. The van der Waals surface area contributed by atoms with E-state index in [2.05, 4.69) is 17.1 Å². The van der Waals surface area contributed by atoms with Crippen LogP contribution in [0, 0.1) is 0 Å². The van der Waals surface area contributed by atoms with E-state index in [0.29, 0.717) is 22.7 Å². The third-order valence-corrected chi connectivity index (χ3v) is 5.51. The van der Waals surface area contributed by atoms with Crippen molar-refractivity contribution in [1.82, 2.24) is 4.90 Å². The molecule has 0 unspecified atom stereocenters. The predicted octanol–water partition coefficient (Wildman–Crippen LogP) is 3.09. The Labute approximate surface area is 150 Å². The summed E-state index contributed by atoms with van der Waals surface area (Å²) in [4.78, 5) is 27.5. The molecule has 2 heterocycles. The molecule has 0 atom stereocenters. The van der Waals surface area contributed by atoms with Gasteiger partial charge >= 0.3 is 5.97 Å². The fourth-order valence-electron chi connectivity index (χ4n) is 2.96. The number of thiophene rings is 1. The van der Waals surface area contributed by atoms with Crippen LogP contribution in [0.3, 0.4) is 0 Å². The van der Waals surface area contributed by atoms with Gasteiger partial charge in [-0.1, -0.05) is 6.92 Å². The van der Waals surface area contributed by atoms with Crippen molar-refractivity contribution in [2.45, 2.75) is 19.9 Å².